The molecular formula is C19H10F6O. The third-order valence-electron chi connectivity index (χ3n) is 3.57. The van der Waals surface area contributed by atoms with E-state index in [4.69, 9.17) is 0 Å². The van der Waals surface area contributed by atoms with Crippen LogP contribution in [0.25, 0.3) is 11.1 Å². The topological polar surface area (TPSA) is 9.23 Å². The summed E-state index contributed by atoms with van der Waals surface area (Å²) in [5.41, 5.74) is -1.37. The van der Waals surface area contributed by atoms with Crippen LogP contribution in [0.4, 0.5) is 26.3 Å². The lowest BCUT2D eigenvalue weighted by Gasteiger charge is -2.20. The summed E-state index contributed by atoms with van der Waals surface area (Å²) in [6, 6.07) is 9.63. The number of rotatable bonds is 4. The van der Waals surface area contributed by atoms with Crippen molar-refractivity contribution in [1.82, 2.24) is 0 Å². The zero-order valence-electron chi connectivity index (χ0n) is 12.9. The molecule has 0 bridgehead atoms. The third-order valence-corrected chi connectivity index (χ3v) is 3.57. The maximum absolute atomic E-state index is 14.2. The first-order valence-electron chi connectivity index (χ1n) is 7.34. The first kappa shape index (κ1) is 17.8. The largest absolute Gasteiger partial charge is 0.432 e. The first-order chi connectivity index (χ1) is 12.3. The van der Waals surface area contributed by atoms with Crippen molar-refractivity contribution in [1.29, 1.82) is 0 Å². The van der Waals surface area contributed by atoms with E-state index in [1.54, 1.807) is 0 Å². The van der Waals surface area contributed by atoms with Gasteiger partial charge in [-0.2, -0.15) is 8.78 Å². The Kier molecular flexibility index (Phi) is 4.63. The normalized spacial score (nSPS) is 11.5. The summed E-state index contributed by atoms with van der Waals surface area (Å²) in [7, 11) is 0. The number of benzene rings is 3. The van der Waals surface area contributed by atoms with Gasteiger partial charge in [0.15, 0.2) is 0 Å². The van der Waals surface area contributed by atoms with E-state index < -0.39 is 40.7 Å². The van der Waals surface area contributed by atoms with Crippen LogP contribution >= 0.6 is 0 Å². The van der Waals surface area contributed by atoms with Gasteiger partial charge < -0.3 is 4.74 Å². The second-order valence-corrected chi connectivity index (χ2v) is 5.39. The summed E-state index contributed by atoms with van der Waals surface area (Å²) in [5.74, 6) is -4.75. The van der Waals surface area contributed by atoms with E-state index in [1.165, 1.54) is 12.1 Å². The Morgan fingerprint density at radius 1 is 0.615 bits per heavy atom. The summed E-state index contributed by atoms with van der Waals surface area (Å²) in [6.07, 6.45) is -4.33. The summed E-state index contributed by atoms with van der Waals surface area (Å²) < 4.78 is 86.9. The molecule has 3 rings (SSSR count). The Labute approximate surface area is 144 Å². The van der Waals surface area contributed by atoms with Gasteiger partial charge in [0.25, 0.3) is 0 Å². The lowest BCUT2D eigenvalue weighted by atomic mass is 10.0. The Hall–Kier alpha value is -2.96. The fraction of sp³-hybridized carbons (Fsp3) is 0.0526. The Morgan fingerprint density at radius 3 is 1.58 bits per heavy atom. The van der Waals surface area contributed by atoms with Gasteiger partial charge in [-0.15, -0.1) is 0 Å². The first-order valence-corrected chi connectivity index (χ1v) is 7.34. The van der Waals surface area contributed by atoms with Gasteiger partial charge >= 0.3 is 6.11 Å². The third kappa shape index (κ3) is 3.66. The molecule has 0 fully saturated rings. The van der Waals surface area contributed by atoms with Crippen molar-refractivity contribution in [2.75, 3.05) is 0 Å². The number of hydrogen-bond acceptors (Lipinski definition) is 1. The molecule has 0 aliphatic rings. The average Bonchev–Trinajstić information content (AvgIpc) is 2.56. The van der Waals surface area contributed by atoms with Crippen LogP contribution in [0, 0.1) is 23.3 Å². The molecule has 0 aliphatic carbocycles. The molecule has 1 nitrogen and oxygen atoms in total. The molecule has 0 atom stereocenters. The van der Waals surface area contributed by atoms with Crippen LogP contribution in [0.3, 0.4) is 0 Å². The van der Waals surface area contributed by atoms with E-state index in [0.29, 0.717) is 12.1 Å². The molecule has 0 saturated carbocycles. The van der Waals surface area contributed by atoms with Crippen molar-refractivity contribution in [3.63, 3.8) is 0 Å². The minimum absolute atomic E-state index is 0.0404. The van der Waals surface area contributed by atoms with Gasteiger partial charge in [0, 0.05) is 0 Å². The molecule has 0 N–H and O–H groups in total. The molecule has 0 spiro atoms. The van der Waals surface area contributed by atoms with Crippen LogP contribution in [-0.2, 0) is 6.11 Å². The van der Waals surface area contributed by atoms with Crippen LogP contribution < -0.4 is 4.74 Å². The van der Waals surface area contributed by atoms with Gasteiger partial charge in [-0.1, -0.05) is 12.1 Å². The molecule has 7 heteroatoms. The predicted octanol–water partition coefficient (Wildman–Crippen LogP) is 6.04. The summed E-state index contributed by atoms with van der Waals surface area (Å²) in [6.45, 7) is 0. The fourth-order valence-electron chi connectivity index (χ4n) is 2.36. The number of alkyl halides is 2. The highest BCUT2D eigenvalue weighted by atomic mass is 19.3. The van der Waals surface area contributed by atoms with Gasteiger partial charge in [-0.3, -0.25) is 0 Å². The van der Waals surface area contributed by atoms with Crippen molar-refractivity contribution in [3.05, 3.63) is 89.5 Å². The van der Waals surface area contributed by atoms with Crippen molar-refractivity contribution in [2.45, 2.75) is 6.11 Å². The highest BCUT2D eigenvalue weighted by molar-refractivity contribution is 5.64. The van der Waals surface area contributed by atoms with Gasteiger partial charge in [0.05, 0.1) is 0 Å². The maximum Gasteiger partial charge on any atom is 0.432 e. The number of halogens is 6. The quantitative estimate of drug-likeness (QED) is 0.510. The molecule has 3 aromatic rings. The second-order valence-electron chi connectivity index (χ2n) is 5.39. The molecule has 0 amide bonds. The van der Waals surface area contributed by atoms with Crippen LogP contribution in [0.2, 0.25) is 0 Å². The molecule has 0 heterocycles. The Balaban J connectivity index is 1.96. The minimum Gasteiger partial charge on any atom is -0.429 e. The van der Waals surface area contributed by atoms with Gasteiger partial charge in [-0.25, -0.2) is 17.6 Å². The summed E-state index contributed by atoms with van der Waals surface area (Å²) in [5, 5.41) is 0. The smallest absolute Gasteiger partial charge is 0.429 e. The van der Waals surface area contributed by atoms with E-state index in [1.807, 2.05) is 0 Å². The predicted molar refractivity (Wildman–Crippen MR) is 82.7 cm³/mol. The van der Waals surface area contributed by atoms with Gasteiger partial charge in [0.1, 0.15) is 34.6 Å². The van der Waals surface area contributed by atoms with Crippen LogP contribution in [0.5, 0.6) is 5.75 Å². The Morgan fingerprint density at radius 2 is 1.08 bits per heavy atom. The average molecular weight is 368 g/mol. The molecule has 26 heavy (non-hydrogen) atoms. The minimum atomic E-state index is -4.33. The van der Waals surface area contributed by atoms with E-state index in [2.05, 4.69) is 4.74 Å². The SMILES string of the molecule is Fc1ccc(OC(F)(F)c2c(F)cc(-c3ccc(F)cc3)cc2F)cc1. The summed E-state index contributed by atoms with van der Waals surface area (Å²) >= 11 is 0. The molecule has 134 valence electrons. The standard InChI is InChI=1S/C19H10F6O/c20-13-3-1-11(2-4-13)12-9-16(22)18(17(23)10-12)19(24,25)26-15-7-5-14(21)6-8-15/h1-10H. The molecule has 0 aliphatic heterocycles. The van der Waals surface area contributed by atoms with E-state index >= 15 is 0 Å². The molecule has 0 aromatic heterocycles. The monoisotopic (exact) mass is 368 g/mol. The molecule has 0 radical (unpaired) electrons. The van der Waals surface area contributed by atoms with Crippen molar-refractivity contribution >= 4 is 0 Å². The lowest BCUT2D eigenvalue weighted by Crippen LogP contribution is -2.25. The van der Waals surface area contributed by atoms with Crippen molar-refractivity contribution in [3.8, 4) is 16.9 Å². The number of hydrogen-bond donors (Lipinski definition) is 0. The van der Waals surface area contributed by atoms with E-state index in [-0.39, 0.29) is 11.1 Å². The van der Waals surface area contributed by atoms with Crippen LogP contribution in [-0.4, -0.2) is 0 Å². The lowest BCUT2D eigenvalue weighted by molar-refractivity contribution is -0.189. The zero-order valence-corrected chi connectivity index (χ0v) is 12.9. The zero-order chi connectivity index (χ0) is 18.9. The Bertz CT molecular complexity index is 897. The number of ether oxygens (including phenoxy) is 1. The van der Waals surface area contributed by atoms with Gasteiger partial charge in [-0.05, 0) is 59.7 Å². The molecule has 0 saturated heterocycles. The van der Waals surface area contributed by atoms with E-state index in [9.17, 15) is 26.3 Å². The molecule has 3 aromatic carbocycles. The molecule has 0 unspecified atom stereocenters. The maximum atomic E-state index is 14.2. The fourth-order valence-corrected chi connectivity index (χ4v) is 2.36. The van der Waals surface area contributed by atoms with Gasteiger partial charge in [0.2, 0.25) is 0 Å². The summed E-state index contributed by atoms with van der Waals surface area (Å²) in [4.78, 5) is 0. The van der Waals surface area contributed by atoms with Crippen molar-refractivity contribution < 1.29 is 31.1 Å². The highest BCUT2D eigenvalue weighted by Gasteiger charge is 2.41. The van der Waals surface area contributed by atoms with Crippen molar-refractivity contribution in [2.24, 2.45) is 0 Å². The highest BCUT2D eigenvalue weighted by Crippen LogP contribution is 2.37. The molecular weight excluding hydrogens is 358 g/mol. The van der Waals surface area contributed by atoms with Crippen LogP contribution in [0.15, 0.2) is 60.7 Å². The second kappa shape index (κ2) is 6.74. The van der Waals surface area contributed by atoms with Crippen LogP contribution in [0.1, 0.15) is 5.56 Å². The van der Waals surface area contributed by atoms with E-state index in [0.717, 1.165) is 36.4 Å².